The number of benzene rings is 2. The topological polar surface area (TPSA) is 63.7 Å². The molecule has 1 fully saturated rings. The number of para-hydroxylation sites is 1. The van der Waals surface area contributed by atoms with Gasteiger partial charge in [-0.25, -0.2) is 4.98 Å². The van der Waals surface area contributed by atoms with Gasteiger partial charge >= 0.3 is 0 Å². The minimum Gasteiger partial charge on any atom is -0.497 e. The van der Waals surface area contributed by atoms with Gasteiger partial charge in [0.15, 0.2) is 0 Å². The molecule has 0 unspecified atom stereocenters. The number of carbonyl (C=O) groups excluding carboxylic acids is 1. The second kappa shape index (κ2) is 9.73. The zero-order chi connectivity index (χ0) is 22.6. The third-order valence-corrected chi connectivity index (χ3v) is 6.44. The molecule has 5 rings (SSSR count). The zero-order valence-electron chi connectivity index (χ0n) is 19.0. The molecule has 1 aromatic heterocycles. The lowest BCUT2D eigenvalue weighted by Crippen LogP contribution is -2.41. The predicted molar refractivity (Wildman–Crippen MR) is 131 cm³/mol. The molecule has 2 aliphatic rings. The van der Waals surface area contributed by atoms with E-state index < -0.39 is 0 Å². The van der Waals surface area contributed by atoms with Gasteiger partial charge in [0.25, 0.3) is 5.91 Å². The first-order valence-corrected chi connectivity index (χ1v) is 11.6. The maximum absolute atomic E-state index is 13.4. The van der Waals surface area contributed by atoms with Crippen LogP contribution in [-0.4, -0.2) is 62.3 Å². The molecule has 3 aromatic rings. The lowest BCUT2D eigenvalue weighted by atomic mass is 10.00. The van der Waals surface area contributed by atoms with Crippen molar-refractivity contribution in [3.05, 3.63) is 70.9 Å². The van der Waals surface area contributed by atoms with E-state index >= 15 is 0 Å². The second-order valence-electron chi connectivity index (χ2n) is 8.48. The van der Waals surface area contributed by atoms with Gasteiger partial charge in [-0.3, -0.25) is 9.69 Å². The van der Waals surface area contributed by atoms with Crippen molar-refractivity contribution in [3.8, 4) is 5.75 Å². The second-order valence-corrected chi connectivity index (χ2v) is 8.48. The molecule has 6 nitrogen and oxygen atoms in total. The molecular formula is C27H29N3O3. The molecule has 1 amide bonds. The summed E-state index contributed by atoms with van der Waals surface area (Å²) < 4.78 is 10.7. The van der Waals surface area contributed by atoms with Crippen molar-refractivity contribution < 1.29 is 14.3 Å². The average Bonchev–Trinajstić information content (AvgIpc) is 3.25. The number of allylic oxidation sites excluding steroid dienone is 1. The third kappa shape index (κ3) is 4.63. The quantitative estimate of drug-likeness (QED) is 0.628. The molecule has 0 radical (unpaired) electrons. The Hall–Kier alpha value is -3.22. The summed E-state index contributed by atoms with van der Waals surface area (Å²) in [6, 6.07) is 16.0. The van der Waals surface area contributed by atoms with Gasteiger partial charge in [-0.05, 0) is 53.8 Å². The van der Waals surface area contributed by atoms with Gasteiger partial charge in [0.05, 0.1) is 37.1 Å². The monoisotopic (exact) mass is 443 g/mol. The Morgan fingerprint density at radius 1 is 1.12 bits per heavy atom. The van der Waals surface area contributed by atoms with Gasteiger partial charge in [0.2, 0.25) is 0 Å². The Balaban J connectivity index is 1.44. The van der Waals surface area contributed by atoms with E-state index in [4.69, 9.17) is 14.5 Å². The highest BCUT2D eigenvalue weighted by atomic mass is 16.5. The lowest BCUT2D eigenvalue weighted by Gasteiger charge is -2.26. The molecule has 0 bridgehead atoms. The normalized spacial score (nSPS) is 17.3. The van der Waals surface area contributed by atoms with Crippen LogP contribution in [0.3, 0.4) is 0 Å². The molecule has 1 saturated heterocycles. The number of ether oxygens (including phenoxy) is 2. The van der Waals surface area contributed by atoms with Crippen LogP contribution >= 0.6 is 0 Å². The summed E-state index contributed by atoms with van der Waals surface area (Å²) in [5.41, 5.74) is 5.90. The van der Waals surface area contributed by atoms with Crippen LogP contribution in [0.4, 0.5) is 0 Å². The van der Waals surface area contributed by atoms with E-state index in [1.165, 1.54) is 5.57 Å². The number of amides is 1. The minimum absolute atomic E-state index is 0.0104. The number of carbonyl (C=O) groups is 1. The highest BCUT2D eigenvalue weighted by Crippen LogP contribution is 2.37. The van der Waals surface area contributed by atoms with Crippen molar-refractivity contribution in [1.29, 1.82) is 0 Å². The minimum atomic E-state index is -0.0104. The summed E-state index contributed by atoms with van der Waals surface area (Å²) >= 11 is 0. The van der Waals surface area contributed by atoms with Gasteiger partial charge < -0.3 is 14.8 Å². The summed E-state index contributed by atoms with van der Waals surface area (Å²) in [5, 5.41) is 4.08. The zero-order valence-corrected chi connectivity index (χ0v) is 19.0. The standard InChI is InChI=1S/C27H29N3O3/c1-32-21-9-6-19(7-10-21)18-20-8-11-23-25(22-4-2-3-5-24(22)29-26(20)23)27(31)28-12-13-30-14-16-33-17-15-30/h2-7,9-10,18H,8,11-17H2,1H3,(H,28,31). The summed E-state index contributed by atoms with van der Waals surface area (Å²) in [5.74, 6) is 0.827. The van der Waals surface area contributed by atoms with Crippen molar-refractivity contribution in [3.63, 3.8) is 0 Å². The van der Waals surface area contributed by atoms with Crippen LogP contribution in [0.15, 0.2) is 48.5 Å². The molecular weight excluding hydrogens is 414 g/mol. The Labute approximate surface area is 194 Å². The van der Waals surface area contributed by atoms with Crippen molar-refractivity contribution in [2.75, 3.05) is 46.5 Å². The molecule has 0 saturated carbocycles. The Morgan fingerprint density at radius 3 is 2.70 bits per heavy atom. The first-order chi connectivity index (χ1) is 16.2. The van der Waals surface area contributed by atoms with E-state index in [9.17, 15) is 4.79 Å². The SMILES string of the molecule is COc1ccc(C=C2CCc3c2nc2ccccc2c3C(=O)NCCN2CCOCC2)cc1. The van der Waals surface area contributed by atoms with Crippen LogP contribution in [-0.2, 0) is 11.2 Å². The fourth-order valence-corrected chi connectivity index (χ4v) is 4.68. The smallest absolute Gasteiger partial charge is 0.252 e. The molecule has 0 spiro atoms. The number of methoxy groups -OCH3 is 1. The molecule has 2 aromatic carbocycles. The van der Waals surface area contributed by atoms with Gasteiger partial charge in [0, 0.05) is 31.6 Å². The molecule has 1 aliphatic carbocycles. The first-order valence-electron chi connectivity index (χ1n) is 11.6. The Morgan fingerprint density at radius 2 is 1.91 bits per heavy atom. The average molecular weight is 444 g/mol. The lowest BCUT2D eigenvalue weighted by molar-refractivity contribution is 0.0383. The fraction of sp³-hybridized carbons (Fsp3) is 0.333. The van der Waals surface area contributed by atoms with Gasteiger partial charge in [0.1, 0.15) is 5.75 Å². The van der Waals surface area contributed by atoms with Crippen LogP contribution in [0.2, 0.25) is 0 Å². The van der Waals surface area contributed by atoms with E-state index in [1.807, 2.05) is 48.5 Å². The van der Waals surface area contributed by atoms with Crippen molar-refractivity contribution in [2.45, 2.75) is 12.8 Å². The Bertz CT molecular complexity index is 1180. The van der Waals surface area contributed by atoms with E-state index in [1.54, 1.807) is 7.11 Å². The number of hydrogen-bond donors (Lipinski definition) is 1. The van der Waals surface area contributed by atoms with Crippen LogP contribution in [0.25, 0.3) is 22.6 Å². The number of hydrogen-bond acceptors (Lipinski definition) is 5. The molecule has 1 N–H and O–H groups in total. The van der Waals surface area contributed by atoms with Crippen LogP contribution in [0.5, 0.6) is 5.75 Å². The van der Waals surface area contributed by atoms with Crippen molar-refractivity contribution in [1.82, 2.24) is 15.2 Å². The van der Waals surface area contributed by atoms with Crippen LogP contribution < -0.4 is 10.1 Å². The highest BCUT2D eigenvalue weighted by Gasteiger charge is 2.26. The largest absolute Gasteiger partial charge is 0.497 e. The summed E-state index contributed by atoms with van der Waals surface area (Å²) in [7, 11) is 1.67. The van der Waals surface area contributed by atoms with E-state index in [0.717, 1.165) is 84.7 Å². The number of aromatic nitrogens is 1. The highest BCUT2D eigenvalue weighted by molar-refractivity contribution is 6.09. The number of nitrogens with zero attached hydrogens (tertiary/aromatic N) is 2. The fourth-order valence-electron chi connectivity index (χ4n) is 4.68. The van der Waals surface area contributed by atoms with E-state index in [2.05, 4.69) is 16.3 Å². The van der Waals surface area contributed by atoms with E-state index in [-0.39, 0.29) is 5.91 Å². The maximum atomic E-state index is 13.4. The van der Waals surface area contributed by atoms with Crippen molar-refractivity contribution in [2.24, 2.45) is 0 Å². The van der Waals surface area contributed by atoms with Gasteiger partial charge in [-0.2, -0.15) is 0 Å². The molecule has 33 heavy (non-hydrogen) atoms. The molecule has 170 valence electrons. The van der Waals surface area contributed by atoms with Gasteiger partial charge in [-0.15, -0.1) is 0 Å². The van der Waals surface area contributed by atoms with Crippen LogP contribution in [0, 0.1) is 0 Å². The number of morpholine rings is 1. The van der Waals surface area contributed by atoms with Crippen LogP contribution in [0.1, 0.15) is 33.6 Å². The third-order valence-electron chi connectivity index (χ3n) is 6.44. The molecule has 0 atom stereocenters. The number of nitrogens with one attached hydrogen (secondary N) is 1. The predicted octanol–water partition coefficient (Wildman–Crippen LogP) is 3.79. The number of pyridine rings is 1. The molecule has 2 heterocycles. The maximum Gasteiger partial charge on any atom is 0.252 e. The summed E-state index contributed by atoms with van der Waals surface area (Å²) in [6.07, 6.45) is 3.87. The molecule has 6 heteroatoms. The van der Waals surface area contributed by atoms with Crippen molar-refractivity contribution >= 4 is 28.5 Å². The summed E-state index contributed by atoms with van der Waals surface area (Å²) in [6.45, 7) is 4.83. The first kappa shape index (κ1) is 21.6. The van der Waals surface area contributed by atoms with E-state index in [0.29, 0.717) is 6.54 Å². The molecule has 1 aliphatic heterocycles. The number of rotatable bonds is 6. The Kier molecular flexibility index (Phi) is 6.37. The van der Waals surface area contributed by atoms with Gasteiger partial charge in [-0.1, -0.05) is 30.3 Å². The number of fused-ring (bicyclic) bond motifs is 2. The summed E-state index contributed by atoms with van der Waals surface area (Å²) in [4.78, 5) is 20.7.